The van der Waals surface area contributed by atoms with Crippen LogP contribution in [0.2, 0.25) is 5.02 Å². The molecule has 4 nitrogen and oxygen atoms in total. The van der Waals surface area contributed by atoms with E-state index in [-0.39, 0.29) is 5.91 Å². The van der Waals surface area contributed by atoms with Crippen molar-refractivity contribution in [2.75, 3.05) is 16.8 Å². The number of nitrogens with zero attached hydrogens (tertiary/aromatic N) is 1. The fraction of sp³-hybridized carbons (Fsp3) is 0.263. The Morgan fingerprint density at radius 2 is 2.00 bits per heavy atom. The molecule has 0 saturated carbocycles. The lowest BCUT2D eigenvalue weighted by Gasteiger charge is -2.20. The molecule has 1 aliphatic rings. The molecule has 0 bridgehead atoms. The van der Waals surface area contributed by atoms with Gasteiger partial charge >= 0.3 is 0 Å². The zero-order chi connectivity index (χ0) is 17.8. The van der Waals surface area contributed by atoms with E-state index >= 15 is 0 Å². The van der Waals surface area contributed by atoms with Crippen LogP contribution in [0.5, 0.6) is 0 Å². The summed E-state index contributed by atoms with van der Waals surface area (Å²) in [7, 11) is 0. The second-order valence-electron chi connectivity index (χ2n) is 6.08. The van der Waals surface area contributed by atoms with E-state index in [4.69, 9.17) is 23.8 Å². The quantitative estimate of drug-likeness (QED) is 0.786. The highest BCUT2D eigenvalue weighted by molar-refractivity contribution is 7.80. The highest BCUT2D eigenvalue weighted by Crippen LogP contribution is 2.28. The normalized spacial score (nSPS) is 13.8. The number of carbonyl (C=O) groups excluding carboxylic acids is 1. The van der Waals surface area contributed by atoms with Crippen molar-refractivity contribution in [1.29, 1.82) is 0 Å². The predicted molar refractivity (Wildman–Crippen MR) is 107 cm³/mol. The first-order valence-corrected chi connectivity index (χ1v) is 9.02. The summed E-state index contributed by atoms with van der Waals surface area (Å²) in [6, 6.07) is 13.6. The Hall–Kier alpha value is -2.11. The molecule has 130 valence electrons. The third-order valence-corrected chi connectivity index (χ3v) is 4.70. The van der Waals surface area contributed by atoms with Crippen LogP contribution < -0.4 is 15.5 Å². The number of hydrogen-bond donors (Lipinski definition) is 2. The van der Waals surface area contributed by atoms with Gasteiger partial charge in [0.15, 0.2) is 5.11 Å². The number of halogens is 1. The van der Waals surface area contributed by atoms with Gasteiger partial charge in [0.2, 0.25) is 5.91 Å². The number of thiocarbonyl (C=S) groups is 1. The van der Waals surface area contributed by atoms with E-state index in [1.807, 2.05) is 54.3 Å². The molecule has 0 spiro atoms. The minimum Gasteiger partial charge on any atom is -0.358 e. The summed E-state index contributed by atoms with van der Waals surface area (Å²) < 4.78 is 0. The zero-order valence-electron chi connectivity index (χ0n) is 14.0. The second kappa shape index (κ2) is 7.85. The van der Waals surface area contributed by atoms with Gasteiger partial charge < -0.3 is 15.5 Å². The maximum Gasteiger partial charge on any atom is 0.227 e. The molecular weight excluding hydrogens is 354 g/mol. The molecule has 1 fully saturated rings. The molecule has 2 aromatic carbocycles. The molecule has 0 atom stereocenters. The van der Waals surface area contributed by atoms with E-state index in [2.05, 4.69) is 10.6 Å². The Kier molecular flexibility index (Phi) is 5.56. The van der Waals surface area contributed by atoms with E-state index in [0.29, 0.717) is 23.1 Å². The third-order valence-electron chi connectivity index (χ3n) is 4.20. The molecular formula is C19H20ClN3OS. The Labute approximate surface area is 158 Å². The Morgan fingerprint density at radius 1 is 1.24 bits per heavy atom. The van der Waals surface area contributed by atoms with Crippen LogP contribution in [-0.4, -0.2) is 17.6 Å². The summed E-state index contributed by atoms with van der Waals surface area (Å²) in [4.78, 5) is 13.9. The van der Waals surface area contributed by atoms with Crippen LogP contribution in [-0.2, 0) is 11.3 Å². The monoisotopic (exact) mass is 373 g/mol. The first-order chi connectivity index (χ1) is 12.0. The molecule has 1 aliphatic heterocycles. The number of nitrogens with one attached hydrogen (secondary N) is 2. The minimum atomic E-state index is 0.184. The lowest BCUT2D eigenvalue weighted by molar-refractivity contribution is -0.117. The lowest BCUT2D eigenvalue weighted by Crippen LogP contribution is -2.28. The Bertz CT molecular complexity index is 792. The summed E-state index contributed by atoms with van der Waals surface area (Å²) in [5.41, 5.74) is 4.00. The van der Waals surface area contributed by atoms with Crippen LogP contribution >= 0.6 is 23.8 Å². The maximum atomic E-state index is 12.0. The highest BCUT2D eigenvalue weighted by atomic mass is 35.5. The van der Waals surface area contributed by atoms with Gasteiger partial charge in [0.1, 0.15) is 0 Å². The average molecular weight is 374 g/mol. The topological polar surface area (TPSA) is 44.4 Å². The summed E-state index contributed by atoms with van der Waals surface area (Å²) in [6.07, 6.45) is 1.54. The van der Waals surface area contributed by atoms with Gasteiger partial charge in [0.25, 0.3) is 0 Å². The molecule has 6 heteroatoms. The van der Waals surface area contributed by atoms with Crippen LogP contribution in [0, 0.1) is 6.92 Å². The van der Waals surface area contributed by atoms with Crippen LogP contribution in [0.1, 0.15) is 24.0 Å². The van der Waals surface area contributed by atoms with Gasteiger partial charge in [0, 0.05) is 35.9 Å². The molecule has 3 rings (SSSR count). The molecule has 0 aromatic heterocycles. The molecule has 0 unspecified atom stereocenters. The standard InChI is InChI=1S/C19H20ClN3OS/c1-13-4-9-16(11-17(13)23-10-2-3-18(23)24)22-19(25)21-12-14-5-7-15(20)8-6-14/h4-9,11H,2-3,10,12H2,1H3,(H2,21,22,25). The summed E-state index contributed by atoms with van der Waals surface area (Å²) in [5.74, 6) is 0.184. The van der Waals surface area contributed by atoms with E-state index in [0.717, 1.165) is 35.5 Å². The van der Waals surface area contributed by atoms with Crippen molar-refractivity contribution >= 4 is 46.2 Å². The van der Waals surface area contributed by atoms with Gasteiger partial charge in [-0.05, 0) is 61.0 Å². The van der Waals surface area contributed by atoms with E-state index in [1.165, 1.54) is 0 Å². The first-order valence-electron chi connectivity index (χ1n) is 8.23. The van der Waals surface area contributed by atoms with Crippen molar-refractivity contribution in [1.82, 2.24) is 5.32 Å². The smallest absolute Gasteiger partial charge is 0.227 e. The van der Waals surface area contributed by atoms with Crippen LogP contribution in [0.15, 0.2) is 42.5 Å². The first kappa shape index (κ1) is 17.7. The van der Waals surface area contributed by atoms with Gasteiger partial charge in [-0.15, -0.1) is 0 Å². The van der Waals surface area contributed by atoms with Gasteiger partial charge in [0.05, 0.1) is 0 Å². The fourth-order valence-corrected chi connectivity index (χ4v) is 3.16. The third kappa shape index (κ3) is 4.50. The molecule has 0 radical (unpaired) electrons. The number of carbonyl (C=O) groups is 1. The maximum absolute atomic E-state index is 12.0. The SMILES string of the molecule is Cc1ccc(NC(=S)NCc2ccc(Cl)cc2)cc1N1CCCC1=O. The molecule has 0 aliphatic carbocycles. The van der Waals surface area contributed by atoms with Gasteiger partial charge in [-0.2, -0.15) is 0 Å². The highest BCUT2D eigenvalue weighted by Gasteiger charge is 2.23. The van der Waals surface area contributed by atoms with Crippen LogP contribution in [0.25, 0.3) is 0 Å². The summed E-state index contributed by atoms with van der Waals surface area (Å²) in [5, 5.41) is 7.62. The lowest BCUT2D eigenvalue weighted by atomic mass is 10.1. The summed E-state index contributed by atoms with van der Waals surface area (Å²) in [6.45, 7) is 3.41. The molecule has 25 heavy (non-hydrogen) atoms. The van der Waals surface area contributed by atoms with E-state index in [9.17, 15) is 4.79 Å². The predicted octanol–water partition coefficient (Wildman–Crippen LogP) is 4.26. The number of benzene rings is 2. The van der Waals surface area contributed by atoms with Crippen molar-refractivity contribution < 1.29 is 4.79 Å². The molecule has 1 amide bonds. The van der Waals surface area contributed by atoms with Crippen molar-refractivity contribution in [2.24, 2.45) is 0 Å². The minimum absolute atomic E-state index is 0.184. The van der Waals surface area contributed by atoms with Gasteiger partial charge in [-0.25, -0.2) is 0 Å². The number of aryl methyl sites for hydroxylation is 1. The molecule has 2 N–H and O–H groups in total. The molecule has 2 aromatic rings. The van der Waals surface area contributed by atoms with Crippen molar-refractivity contribution in [3.8, 4) is 0 Å². The summed E-state index contributed by atoms with van der Waals surface area (Å²) >= 11 is 11.3. The number of rotatable bonds is 4. The van der Waals surface area contributed by atoms with Gasteiger partial charge in [-0.3, -0.25) is 4.79 Å². The van der Waals surface area contributed by atoms with E-state index in [1.54, 1.807) is 0 Å². The largest absolute Gasteiger partial charge is 0.358 e. The van der Waals surface area contributed by atoms with Gasteiger partial charge in [-0.1, -0.05) is 29.8 Å². The van der Waals surface area contributed by atoms with Crippen molar-refractivity contribution in [3.05, 3.63) is 58.6 Å². The number of hydrogen-bond acceptors (Lipinski definition) is 2. The van der Waals surface area contributed by atoms with Crippen molar-refractivity contribution in [2.45, 2.75) is 26.3 Å². The van der Waals surface area contributed by atoms with Crippen LogP contribution in [0.4, 0.5) is 11.4 Å². The van der Waals surface area contributed by atoms with Crippen LogP contribution in [0.3, 0.4) is 0 Å². The van der Waals surface area contributed by atoms with Crippen molar-refractivity contribution in [3.63, 3.8) is 0 Å². The average Bonchev–Trinajstić information content (AvgIpc) is 3.02. The zero-order valence-corrected chi connectivity index (χ0v) is 15.6. The second-order valence-corrected chi connectivity index (χ2v) is 6.93. The fourth-order valence-electron chi connectivity index (χ4n) is 2.84. The molecule has 1 heterocycles. The Balaban J connectivity index is 1.63. The number of amides is 1. The Morgan fingerprint density at radius 3 is 2.68 bits per heavy atom. The van der Waals surface area contributed by atoms with E-state index < -0.39 is 0 Å². The number of anilines is 2. The molecule has 1 saturated heterocycles.